The molecule has 4 rings (SSSR count). The molecule has 1 heterocycles. The first-order valence-electron chi connectivity index (χ1n) is 9.98. The van der Waals surface area contributed by atoms with Crippen LogP contribution in [0.4, 0.5) is 10.5 Å². The molecule has 166 valence electrons. The largest absolute Gasteiger partial charge is 0.488 e. The maximum Gasteiger partial charge on any atom is 0.335 e. The number of carbonyl (C=O) groups is 3. The molecule has 33 heavy (non-hydrogen) atoms. The molecule has 0 radical (unpaired) electrons. The third-order valence-electron chi connectivity index (χ3n) is 5.07. The van der Waals surface area contributed by atoms with Crippen molar-refractivity contribution >= 4 is 63.8 Å². The van der Waals surface area contributed by atoms with Crippen molar-refractivity contribution in [2.24, 2.45) is 0 Å². The highest BCUT2D eigenvalue weighted by molar-refractivity contribution is 14.1. The van der Waals surface area contributed by atoms with E-state index in [4.69, 9.17) is 16.3 Å². The lowest BCUT2D eigenvalue weighted by atomic mass is 10.1. The van der Waals surface area contributed by atoms with Gasteiger partial charge in [-0.15, -0.1) is 0 Å². The number of barbiturate groups is 1. The first-order chi connectivity index (χ1) is 15.8. The Bertz CT molecular complexity index is 1310. The van der Waals surface area contributed by atoms with Crippen LogP contribution in [-0.2, 0) is 16.2 Å². The van der Waals surface area contributed by atoms with Crippen LogP contribution in [0, 0.1) is 10.5 Å². The second-order valence-electron chi connectivity index (χ2n) is 7.31. The van der Waals surface area contributed by atoms with Crippen LogP contribution in [0.5, 0.6) is 5.75 Å². The van der Waals surface area contributed by atoms with Gasteiger partial charge in [0, 0.05) is 10.6 Å². The van der Waals surface area contributed by atoms with E-state index in [2.05, 4.69) is 27.9 Å². The standard InChI is InChI=1S/C25H18ClIN2O4/c1-15-6-2-5-9-21(15)29-24(31)18(23(30)28-25(29)32)12-16-10-11-22(20(27)13-16)33-14-17-7-3-4-8-19(17)26/h2-13H,14H2,1H3,(H,28,30,32)/b18-12+. The Kier molecular flexibility index (Phi) is 6.80. The Balaban J connectivity index is 1.58. The zero-order valence-electron chi connectivity index (χ0n) is 17.5. The van der Waals surface area contributed by atoms with Crippen LogP contribution in [0.1, 0.15) is 16.7 Å². The van der Waals surface area contributed by atoms with Gasteiger partial charge < -0.3 is 4.74 Å². The number of anilines is 1. The Morgan fingerprint density at radius 3 is 2.48 bits per heavy atom. The van der Waals surface area contributed by atoms with Crippen LogP contribution < -0.4 is 15.0 Å². The average Bonchev–Trinajstić information content (AvgIpc) is 2.78. The molecular formula is C25H18ClIN2O4. The summed E-state index contributed by atoms with van der Waals surface area (Å²) in [5, 5.41) is 2.87. The molecule has 0 aliphatic carbocycles. The molecule has 8 heteroatoms. The van der Waals surface area contributed by atoms with Crippen LogP contribution in [0.25, 0.3) is 6.08 Å². The summed E-state index contributed by atoms with van der Waals surface area (Å²) in [5.74, 6) is -0.759. The summed E-state index contributed by atoms with van der Waals surface area (Å²) in [6.07, 6.45) is 1.47. The summed E-state index contributed by atoms with van der Waals surface area (Å²) in [6, 6.07) is 19.0. The van der Waals surface area contributed by atoms with Crippen molar-refractivity contribution in [2.75, 3.05) is 4.90 Å². The number of hydrogen-bond donors (Lipinski definition) is 1. The van der Waals surface area contributed by atoms with Gasteiger partial charge in [0.2, 0.25) is 0 Å². The molecule has 6 nitrogen and oxygen atoms in total. The molecular weight excluding hydrogens is 555 g/mol. The highest BCUT2D eigenvalue weighted by Gasteiger charge is 2.37. The topological polar surface area (TPSA) is 75.7 Å². The van der Waals surface area contributed by atoms with E-state index in [1.807, 2.05) is 24.3 Å². The van der Waals surface area contributed by atoms with E-state index in [0.29, 0.717) is 28.6 Å². The summed E-state index contributed by atoms with van der Waals surface area (Å²) in [7, 11) is 0. The van der Waals surface area contributed by atoms with Gasteiger partial charge in [0.1, 0.15) is 17.9 Å². The van der Waals surface area contributed by atoms with E-state index in [1.54, 1.807) is 49.4 Å². The molecule has 1 aliphatic rings. The van der Waals surface area contributed by atoms with Crippen molar-refractivity contribution in [1.29, 1.82) is 0 Å². The van der Waals surface area contributed by atoms with Crippen molar-refractivity contribution in [2.45, 2.75) is 13.5 Å². The highest BCUT2D eigenvalue weighted by Crippen LogP contribution is 2.28. The monoisotopic (exact) mass is 572 g/mol. The predicted octanol–water partition coefficient (Wildman–Crippen LogP) is 5.50. The van der Waals surface area contributed by atoms with Crippen molar-refractivity contribution in [3.05, 3.63) is 97.6 Å². The molecule has 0 bridgehead atoms. The number of rotatable bonds is 5. The minimum Gasteiger partial charge on any atom is -0.488 e. The van der Waals surface area contributed by atoms with E-state index < -0.39 is 17.8 Å². The number of nitrogens with zero attached hydrogens (tertiary/aromatic N) is 1. The van der Waals surface area contributed by atoms with Gasteiger partial charge in [-0.05, 0) is 71.0 Å². The van der Waals surface area contributed by atoms with Gasteiger partial charge in [-0.2, -0.15) is 0 Å². The molecule has 0 atom stereocenters. The first kappa shape index (κ1) is 23.0. The van der Waals surface area contributed by atoms with E-state index >= 15 is 0 Å². The normalized spacial score (nSPS) is 15.1. The number of halogens is 2. The molecule has 0 saturated carbocycles. The fourth-order valence-corrected chi connectivity index (χ4v) is 4.24. The number of aryl methyl sites for hydroxylation is 1. The number of urea groups is 1. The zero-order chi connectivity index (χ0) is 23.5. The molecule has 1 N–H and O–H groups in total. The SMILES string of the molecule is Cc1ccccc1N1C(=O)NC(=O)/C(=C\c2ccc(OCc3ccccc3Cl)c(I)c2)C1=O. The maximum atomic E-state index is 13.1. The summed E-state index contributed by atoms with van der Waals surface area (Å²) in [4.78, 5) is 38.9. The van der Waals surface area contributed by atoms with E-state index in [0.717, 1.165) is 19.6 Å². The van der Waals surface area contributed by atoms with E-state index in [9.17, 15) is 14.4 Å². The third kappa shape index (κ3) is 4.94. The van der Waals surface area contributed by atoms with Gasteiger partial charge >= 0.3 is 6.03 Å². The maximum absolute atomic E-state index is 13.1. The number of nitrogens with one attached hydrogen (secondary N) is 1. The van der Waals surface area contributed by atoms with E-state index in [-0.39, 0.29) is 5.57 Å². The molecule has 4 amide bonds. The third-order valence-corrected chi connectivity index (χ3v) is 6.28. The summed E-state index contributed by atoms with van der Waals surface area (Å²) < 4.78 is 6.68. The number of hydrogen-bond acceptors (Lipinski definition) is 4. The van der Waals surface area contributed by atoms with Crippen LogP contribution >= 0.6 is 34.2 Å². The molecule has 0 spiro atoms. The van der Waals surface area contributed by atoms with Crippen molar-refractivity contribution in [3.8, 4) is 5.75 Å². The lowest BCUT2D eigenvalue weighted by Gasteiger charge is -2.27. The zero-order valence-corrected chi connectivity index (χ0v) is 20.4. The molecule has 3 aromatic rings. The van der Waals surface area contributed by atoms with Crippen LogP contribution in [-0.4, -0.2) is 17.8 Å². The number of carbonyl (C=O) groups excluding carboxylic acids is 3. The molecule has 1 aliphatic heterocycles. The summed E-state index contributed by atoms with van der Waals surface area (Å²) in [5.41, 5.74) is 2.53. The van der Waals surface area contributed by atoms with E-state index in [1.165, 1.54) is 6.08 Å². The summed E-state index contributed by atoms with van der Waals surface area (Å²) >= 11 is 8.31. The lowest BCUT2D eigenvalue weighted by Crippen LogP contribution is -2.54. The molecule has 0 unspecified atom stereocenters. The van der Waals surface area contributed by atoms with Gasteiger partial charge in [-0.3, -0.25) is 14.9 Å². The van der Waals surface area contributed by atoms with Crippen molar-refractivity contribution in [3.63, 3.8) is 0 Å². The molecule has 1 saturated heterocycles. The lowest BCUT2D eigenvalue weighted by molar-refractivity contribution is -0.122. The average molecular weight is 573 g/mol. The molecule has 3 aromatic carbocycles. The van der Waals surface area contributed by atoms with Gasteiger partial charge in [0.25, 0.3) is 11.8 Å². The van der Waals surface area contributed by atoms with Crippen LogP contribution in [0.3, 0.4) is 0 Å². The molecule has 0 aromatic heterocycles. The highest BCUT2D eigenvalue weighted by atomic mass is 127. The Morgan fingerprint density at radius 1 is 1.03 bits per heavy atom. The fraction of sp³-hybridized carbons (Fsp3) is 0.0800. The number of benzene rings is 3. The Labute approximate surface area is 209 Å². The number of ether oxygens (including phenoxy) is 1. The second kappa shape index (κ2) is 9.76. The Hall–Kier alpha value is -3.17. The minimum atomic E-state index is -0.769. The minimum absolute atomic E-state index is 0.126. The van der Waals surface area contributed by atoms with Crippen molar-refractivity contribution in [1.82, 2.24) is 5.32 Å². The number of imide groups is 2. The van der Waals surface area contributed by atoms with Gasteiger partial charge in [0.15, 0.2) is 0 Å². The molecule has 1 fully saturated rings. The second-order valence-corrected chi connectivity index (χ2v) is 8.88. The van der Waals surface area contributed by atoms with Gasteiger partial charge in [-0.25, -0.2) is 9.69 Å². The first-order valence-corrected chi connectivity index (χ1v) is 11.4. The Morgan fingerprint density at radius 2 is 1.76 bits per heavy atom. The van der Waals surface area contributed by atoms with Gasteiger partial charge in [-0.1, -0.05) is 54.1 Å². The number of amides is 4. The summed E-state index contributed by atoms with van der Waals surface area (Å²) in [6.45, 7) is 2.10. The fourth-order valence-electron chi connectivity index (χ4n) is 3.35. The number of para-hydroxylation sites is 1. The van der Waals surface area contributed by atoms with Crippen LogP contribution in [0.2, 0.25) is 5.02 Å². The van der Waals surface area contributed by atoms with Crippen LogP contribution in [0.15, 0.2) is 72.3 Å². The smallest absolute Gasteiger partial charge is 0.335 e. The van der Waals surface area contributed by atoms with Gasteiger partial charge in [0.05, 0.1) is 9.26 Å². The van der Waals surface area contributed by atoms with Crippen molar-refractivity contribution < 1.29 is 19.1 Å². The quantitative estimate of drug-likeness (QED) is 0.249. The predicted molar refractivity (Wildman–Crippen MR) is 135 cm³/mol.